The van der Waals surface area contributed by atoms with Crippen molar-refractivity contribution in [1.29, 1.82) is 0 Å². The molecule has 1 saturated heterocycles. The molecule has 5 rings (SSSR count). The Balaban J connectivity index is 1.30. The van der Waals surface area contributed by atoms with E-state index in [4.69, 9.17) is 9.47 Å². The van der Waals surface area contributed by atoms with Crippen LogP contribution in [0, 0.1) is 5.82 Å². The second-order valence-electron chi connectivity index (χ2n) is 8.15. The fourth-order valence-electron chi connectivity index (χ4n) is 4.49. The summed E-state index contributed by atoms with van der Waals surface area (Å²) in [7, 11) is 1.67. The molecule has 162 valence electrons. The first-order chi connectivity index (χ1) is 15.2. The Kier molecular flexibility index (Phi) is 5.51. The molecule has 0 spiro atoms. The topological polar surface area (TPSA) is 62.4 Å². The third kappa shape index (κ3) is 4.10. The molecule has 2 N–H and O–H groups in total. The summed E-state index contributed by atoms with van der Waals surface area (Å²) in [6.45, 7) is 4.17. The summed E-state index contributed by atoms with van der Waals surface area (Å²) in [6, 6.07) is 10.5. The first-order valence-corrected chi connectivity index (χ1v) is 10.9. The average Bonchev–Trinajstić information content (AvgIpc) is 3.49. The minimum Gasteiger partial charge on any atom is -0.493 e. The van der Waals surface area contributed by atoms with E-state index in [0.717, 1.165) is 47.7 Å². The van der Waals surface area contributed by atoms with Crippen molar-refractivity contribution in [2.75, 3.05) is 38.7 Å². The lowest BCUT2D eigenvalue weighted by Crippen LogP contribution is -2.21. The highest BCUT2D eigenvalue weighted by Gasteiger charge is 2.27. The number of aromatic amines is 1. The quantitative estimate of drug-likeness (QED) is 0.402. The maximum absolute atomic E-state index is 13.5. The van der Waals surface area contributed by atoms with Crippen molar-refractivity contribution in [3.8, 4) is 22.8 Å². The predicted molar refractivity (Wildman–Crippen MR) is 119 cm³/mol. The van der Waals surface area contributed by atoms with Crippen LogP contribution in [-0.4, -0.2) is 48.4 Å². The highest BCUT2D eigenvalue weighted by Crippen LogP contribution is 2.44. The molecule has 1 fully saturated rings. The fourth-order valence-corrected chi connectivity index (χ4v) is 4.49. The van der Waals surface area contributed by atoms with E-state index in [2.05, 4.69) is 26.5 Å². The van der Waals surface area contributed by atoms with E-state index in [0.29, 0.717) is 18.1 Å². The number of benzene rings is 2. The van der Waals surface area contributed by atoms with Crippen molar-refractivity contribution in [2.45, 2.75) is 25.7 Å². The highest BCUT2D eigenvalue weighted by atomic mass is 19.1. The van der Waals surface area contributed by atoms with Crippen LogP contribution in [0.15, 0.2) is 36.4 Å². The molecule has 2 aliphatic rings. The predicted octanol–water partition coefficient (Wildman–Crippen LogP) is 4.74. The van der Waals surface area contributed by atoms with Crippen LogP contribution in [0.2, 0.25) is 0 Å². The Hall–Kier alpha value is -3.06. The minimum absolute atomic E-state index is 0.281. The highest BCUT2D eigenvalue weighted by molar-refractivity contribution is 5.81. The van der Waals surface area contributed by atoms with Crippen LogP contribution < -0.4 is 14.8 Å². The minimum atomic E-state index is -0.281. The Morgan fingerprint density at radius 3 is 2.84 bits per heavy atom. The lowest BCUT2D eigenvalue weighted by Gasteiger charge is -2.16. The van der Waals surface area contributed by atoms with Crippen LogP contribution in [0.4, 0.5) is 15.9 Å². The molecule has 1 aromatic heterocycles. The van der Waals surface area contributed by atoms with Gasteiger partial charge < -0.3 is 19.7 Å². The number of hydrogen-bond acceptors (Lipinski definition) is 5. The molecular weight excluding hydrogens is 395 g/mol. The van der Waals surface area contributed by atoms with Crippen molar-refractivity contribution in [1.82, 2.24) is 15.1 Å². The number of likely N-dealkylation sites (tertiary alicyclic amines) is 1. The van der Waals surface area contributed by atoms with Crippen molar-refractivity contribution in [3.05, 3.63) is 53.3 Å². The smallest absolute Gasteiger partial charge is 0.161 e. The van der Waals surface area contributed by atoms with Gasteiger partial charge in [-0.05, 0) is 68.2 Å². The van der Waals surface area contributed by atoms with Gasteiger partial charge in [0.25, 0.3) is 0 Å². The Morgan fingerprint density at radius 2 is 2.03 bits per heavy atom. The second-order valence-corrected chi connectivity index (χ2v) is 8.15. The second kappa shape index (κ2) is 8.59. The number of anilines is 2. The molecule has 0 atom stereocenters. The number of fused-ring (bicyclic) bond motifs is 3. The molecule has 6 nitrogen and oxygen atoms in total. The van der Waals surface area contributed by atoms with Crippen molar-refractivity contribution < 1.29 is 13.9 Å². The lowest BCUT2D eigenvalue weighted by molar-refractivity contribution is 0.254. The zero-order valence-electron chi connectivity index (χ0n) is 17.7. The van der Waals surface area contributed by atoms with Crippen LogP contribution in [0.3, 0.4) is 0 Å². The van der Waals surface area contributed by atoms with Gasteiger partial charge in [-0.25, -0.2) is 4.39 Å². The maximum atomic E-state index is 13.5. The normalized spacial score (nSPS) is 15.0. The van der Waals surface area contributed by atoms with Gasteiger partial charge in [0.2, 0.25) is 0 Å². The summed E-state index contributed by atoms with van der Waals surface area (Å²) in [4.78, 5) is 2.50. The number of halogens is 1. The van der Waals surface area contributed by atoms with Gasteiger partial charge in [-0.3, -0.25) is 5.10 Å². The third-order valence-corrected chi connectivity index (χ3v) is 6.06. The number of aromatic nitrogens is 2. The van der Waals surface area contributed by atoms with E-state index in [-0.39, 0.29) is 5.82 Å². The summed E-state index contributed by atoms with van der Waals surface area (Å²) >= 11 is 0. The number of nitrogens with one attached hydrogen (secondary N) is 2. The third-order valence-electron chi connectivity index (χ3n) is 6.06. The Labute approximate surface area is 181 Å². The number of ether oxygens (including phenoxy) is 2. The standard InChI is InChI=1S/C24H27FN4O2/c1-30-21-15-19-16(13-22(21)31-11-5-10-29-8-2-3-9-29)12-20-23(19)27-28-24(20)26-18-7-4-6-17(25)14-18/h4,6-7,13-15H,2-3,5,8-12H2,1H3,(H2,26,27,28). The van der Waals surface area contributed by atoms with Crippen molar-refractivity contribution in [3.63, 3.8) is 0 Å². The number of hydrogen-bond donors (Lipinski definition) is 2. The van der Waals surface area contributed by atoms with E-state index in [1.54, 1.807) is 13.2 Å². The maximum Gasteiger partial charge on any atom is 0.161 e. The number of methoxy groups -OCH3 is 1. The van der Waals surface area contributed by atoms with Crippen molar-refractivity contribution >= 4 is 11.5 Å². The lowest BCUT2D eigenvalue weighted by atomic mass is 10.1. The molecule has 31 heavy (non-hydrogen) atoms. The van der Waals surface area contributed by atoms with E-state index in [1.165, 1.54) is 43.6 Å². The van der Waals surface area contributed by atoms with E-state index >= 15 is 0 Å². The van der Waals surface area contributed by atoms with Crippen LogP contribution in [-0.2, 0) is 6.42 Å². The molecule has 2 heterocycles. The molecule has 7 heteroatoms. The molecule has 0 saturated carbocycles. The number of H-pyrrole nitrogens is 1. The van der Waals surface area contributed by atoms with Gasteiger partial charge in [0.15, 0.2) is 17.3 Å². The van der Waals surface area contributed by atoms with Crippen molar-refractivity contribution in [2.24, 2.45) is 0 Å². The molecule has 3 aromatic rings. The van der Waals surface area contributed by atoms with Crippen LogP contribution in [0.25, 0.3) is 11.3 Å². The van der Waals surface area contributed by atoms with Crippen LogP contribution in [0.1, 0.15) is 30.4 Å². The number of rotatable bonds is 8. The average molecular weight is 423 g/mol. The van der Waals surface area contributed by atoms with Gasteiger partial charge in [0, 0.05) is 29.8 Å². The SMILES string of the molecule is COc1cc2c(cc1OCCCN1CCCC1)Cc1c(Nc3cccc(F)c3)n[nH]c1-2. The van der Waals surface area contributed by atoms with Gasteiger partial charge in [-0.2, -0.15) is 5.10 Å². The largest absolute Gasteiger partial charge is 0.493 e. The molecule has 1 aliphatic carbocycles. The molecular formula is C24H27FN4O2. The Morgan fingerprint density at radius 1 is 1.16 bits per heavy atom. The van der Waals surface area contributed by atoms with Crippen LogP contribution in [0.5, 0.6) is 11.5 Å². The Bertz CT molecular complexity index is 1080. The first-order valence-electron chi connectivity index (χ1n) is 10.9. The zero-order chi connectivity index (χ0) is 21.2. The molecule has 2 aromatic carbocycles. The summed E-state index contributed by atoms with van der Waals surface area (Å²) in [5, 5.41) is 10.7. The molecule has 0 amide bonds. The zero-order valence-corrected chi connectivity index (χ0v) is 17.7. The molecule has 0 radical (unpaired) electrons. The van der Waals surface area contributed by atoms with Gasteiger partial charge in [0.05, 0.1) is 19.4 Å². The summed E-state index contributed by atoms with van der Waals surface area (Å²) < 4.78 is 25.2. The van der Waals surface area contributed by atoms with E-state index in [9.17, 15) is 4.39 Å². The molecule has 0 bridgehead atoms. The van der Waals surface area contributed by atoms with Gasteiger partial charge in [0.1, 0.15) is 5.82 Å². The molecule has 1 aliphatic heterocycles. The van der Waals surface area contributed by atoms with Gasteiger partial charge in [-0.15, -0.1) is 0 Å². The van der Waals surface area contributed by atoms with E-state index in [1.807, 2.05) is 12.1 Å². The van der Waals surface area contributed by atoms with Gasteiger partial charge in [-0.1, -0.05) is 6.07 Å². The summed E-state index contributed by atoms with van der Waals surface area (Å²) in [5.41, 5.74) is 4.93. The fraction of sp³-hybridized carbons (Fsp3) is 0.375. The number of nitrogens with zero attached hydrogens (tertiary/aromatic N) is 2. The van der Waals surface area contributed by atoms with Crippen LogP contribution >= 0.6 is 0 Å². The van der Waals surface area contributed by atoms with E-state index < -0.39 is 0 Å². The first kappa shape index (κ1) is 19.9. The monoisotopic (exact) mass is 422 g/mol. The summed E-state index contributed by atoms with van der Waals surface area (Å²) in [5.74, 6) is 1.93. The summed E-state index contributed by atoms with van der Waals surface area (Å²) in [6.07, 6.45) is 4.35. The van der Waals surface area contributed by atoms with Gasteiger partial charge >= 0.3 is 0 Å². The molecule has 0 unspecified atom stereocenters.